The van der Waals surface area contributed by atoms with Crippen LogP contribution in [0.3, 0.4) is 0 Å². The predicted molar refractivity (Wildman–Crippen MR) is 77.8 cm³/mol. The second-order valence-electron chi connectivity index (χ2n) is 5.46. The van der Waals surface area contributed by atoms with E-state index in [9.17, 15) is 4.79 Å². The minimum atomic E-state index is -0.205. The van der Waals surface area contributed by atoms with Crippen molar-refractivity contribution in [2.45, 2.75) is 38.3 Å². The van der Waals surface area contributed by atoms with Crippen LogP contribution in [-0.4, -0.2) is 48.6 Å². The van der Waals surface area contributed by atoms with Crippen molar-refractivity contribution in [3.63, 3.8) is 0 Å². The van der Waals surface area contributed by atoms with Gasteiger partial charge in [0, 0.05) is 18.5 Å². The first-order valence-electron chi connectivity index (χ1n) is 7.27. The highest BCUT2D eigenvalue weighted by molar-refractivity contribution is 7.11. The van der Waals surface area contributed by atoms with Crippen molar-refractivity contribution in [3.05, 3.63) is 15.6 Å². The largest absolute Gasteiger partial charge is 0.378 e. The maximum atomic E-state index is 12.3. The number of carbonyl (C=O) groups excluding carboxylic acids is 1. The van der Waals surface area contributed by atoms with Crippen molar-refractivity contribution < 1.29 is 9.53 Å². The number of aromatic nitrogens is 1. The summed E-state index contributed by atoms with van der Waals surface area (Å²) in [6, 6.07) is -0.205. The van der Waals surface area contributed by atoms with Gasteiger partial charge in [-0.1, -0.05) is 0 Å². The average Bonchev–Trinajstić information content (AvgIpc) is 2.89. The van der Waals surface area contributed by atoms with Crippen LogP contribution < -0.4 is 5.32 Å². The summed E-state index contributed by atoms with van der Waals surface area (Å²) in [5.74, 6) is 0.0953. The van der Waals surface area contributed by atoms with Gasteiger partial charge < -0.3 is 15.0 Å². The van der Waals surface area contributed by atoms with Crippen molar-refractivity contribution in [2.24, 2.45) is 0 Å². The van der Waals surface area contributed by atoms with Crippen LogP contribution in [0.2, 0.25) is 0 Å². The van der Waals surface area contributed by atoms with Crippen molar-refractivity contribution in [2.75, 3.05) is 26.8 Å². The number of morpholine rings is 1. The van der Waals surface area contributed by atoms with Crippen LogP contribution >= 0.6 is 11.3 Å². The Morgan fingerprint density at radius 3 is 3.10 bits per heavy atom. The number of nitrogens with one attached hydrogen (secondary N) is 1. The van der Waals surface area contributed by atoms with Gasteiger partial charge in [-0.05, 0) is 25.7 Å². The van der Waals surface area contributed by atoms with E-state index in [0.29, 0.717) is 19.8 Å². The molecular weight excluding hydrogens is 274 g/mol. The molecule has 1 fully saturated rings. The fraction of sp³-hybridized carbons (Fsp3) is 0.714. The van der Waals surface area contributed by atoms with Crippen LogP contribution in [0.25, 0.3) is 0 Å². The summed E-state index contributed by atoms with van der Waals surface area (Å²) in [6.45, 7) is 2.51. The third kappa shape index (κ3) is 3.02. The molecule has 0 spiro atoms. The number of rotatable bonds is 3. The Morgan fingerprint density at radius 2 is 2.35 bits per heavy atom. The quantitative estimate of drug-likeness (QED) is 0.903. The number of amides is 1. The lowest BCUT2D eigenvalue weighted by atomic mass is 10.0. The smallest absolute Gasteiger partial charge is 0.242 e. The molecule has 2 aliphatic rings. The summed E-state index contributed by atoms with van der Waals surface area (Å²) in [5, 5.41) is 4.26. The molecular formula is C14H21N3O2S. The third-order valence-electron chi connectivity index (χ3n) is 3.86. The highest BCUT2D eigenvalue weighted by Gasteiger charge is 2.25. The standard InChI is InChI=1S/C14H21N3O2S/c1-17(14(18)11-9-19-7-6-15-11)8-13-16-10-4-2-3-5-12(10)20-13/h11,15H,2-9H2,1H3. The first-order valence-corrected chi connectivity index (χ1v) is 8.09. The SMILES string of the molecule is CN(Cc1nc2c(s1)CCCC2)C(=O)C1COCCN1. The molecule has 20 heavy (non-hydrogen) atoms. The minimum Gasteiger partial charge on any atom is -0.378 e. The molecule has 0 bridgehead atoms. The third-order valence-corrected chi connectivity index (χ3v) is 5.00. The lowest BCUT2D eigenvalue weighted by molar-refractivity contribution is -0.135. The lowest BCUT2D eigenvalue weighted by Gasteiger charge is -2.27. The van der Waals surface area contributed by atoms with E-state index in [1.165, 1.54) is 23.4 Å². The molecule has 0 aromatic carbocycles. The van der Waals surface area contributed by atoms with Crippen LogP contribution in [0.5, 0.6) is 0 Å². The van der Waals surface area contributed by atoms with Gasteiger partial charge in [0.25, 0.3) is 0 Å². The number of likely N-dealkylation sites (N-methyl/N-ethyl adjacent to an activating group) is 1. The number of ether oxygens (including phenoxy) is 1. The molecule has 1 N–H and O–H groups in total. The van der Waals surface area contributed by atoms with Crippen LogP contribution in [-0.2, 0) is 28.9 Å². The van der Waals surface area contributed by atoms with Crippen LogP contribution in [0.1, 0.15) is 28.4 Å². The number of nitrogens with zero attached hydrogens (tertiary/aromatic N) is 2. The number of hydrogen-bond donors (Lipinski definition) is 1. The highest BCUT2D eigenvalue weighted by atomic mass is 32.1. The number of thiazole rings is 1. The Kier molecular flexibility index (Phi) is 4.33. The predicted octanol–water partition coefficient (Wildman–Crippen LogP) is 0.969. The van der Waals surface area contributed by atoms with Crippen molar-refractivity contribution in [1.29, 1.82) is 0 Å². The summed E-state index contributed by atoms with van der Waals surface area (Å²) in [5.41, 5.74) is 1.26. The van der Waals surface area contributed by atoms with Gasteiger partial charge in [-0.3, -0.25) is 4.79 Å². The van der Waals surface area contributed by atoms with Gasteiger partial charge in [0.2, 0.25) is 5.91 Å². The first kappa shape index (κ1) is 14.0. The van der Waals surface area contributed by atoms with E-state index >= 15 is 0 Å². The van der Waals surface area contributed by atoms with Crippen molar-refractivity contribution >= 4 is 17.2 Å². The molecule has 1 saturated heterocycles. The number of carbonyl (C=O) groups is 1. The van der Waals surface area contributed by atoms with Gasteiger partial charge in [-0.2, -0.15) is 0 Å². The van der Waals surface area contributed by atoms with E-state index in [0.717, 1.165) is 24.4 Å². The topological polar surface area (TPSA) is 54.5 Å². The second kappa shape index (κ2) is 6.20. The van der Waals surface area contributed by atoms with E-state index in [-0.39, 0.29) is 11.9 Å². The van der Waals surface area contributed by atoms with E-state index in [1.54, 1.807) is 16.2 Å². The summed E-state index contributed by atoms with van der Waals surface area (Å²) in [7, 11) is 1.85. The first-order chi connectivity index (χ1) is 9.74. The average molecular weight is 295 g/mol. The Hall–Kier alpha value is -0.980. The molecule has 5 nitrogen and oxygen atoms in total. The second-order valence-corrected chi connectivity index (χ2v) is 6.63. The van der Waals surface area contributed by atoms with E-state index in [4.69, 9.17) is 9.72 Å². The number of fused-ring (bicyclic) bond motifs is 1. The van der Waals surface area contributed by atoms with Crippen LogP contribution in [0, 0.1) is 0 Å². The molecule has 6 heteroatoms. The zero-order valence-corrected chi connectivity index (χ0v) is 12.7. The van der Waals surface area contributed by atoms with Crippen molar-refractivity contribution in [3.8, 4) is 0 Å². The molecule has 1 aromatic heterocycles. The van der Waals surface area contributed by atoms with Gasteiger partial charge in [0.1, 0.15) is 11.0 Å². The molecule has 1 aliphatic carbocycles. The molecule has 110 valence electrons. The zero-order chi connectivity index (χ0) is 13.9. The highest BCUT2D eigenvalue weighted by Crippen LogP contribution is 2.27. The van der Waals surface area contributed by atoms with E-state index in [1.807, 2.05) is 7.05 Å². The summed E-state index contributed by atoms with van der Waals surface area (Å²) < 4.78 is 5.35. The molecule has 1 amide bonds. The summed E-state index contributed by atoms with van der Waals surface area (Å²) >= 11 is 1.77. The molecule has 2 heterocycles. The molecule has 3 rings (SSSR count). The van der Waals surface area contributed by atoms with Crippen LogP contribution in [0.15, 0.2) is 0 Å². The molecule has 1 unspecified atom stereocenters. The van der Waals surface area contributed by atoms with Crippen molar-refractivity contribution in [1.82, 2.24) is 15.2 Å². The summed E-state index contributed by atoms with van der Waals surface area (Å²) in [4.78, 5) is 20.2. The number of aryl methyl sites for hydroxylation is 2. The molecule has 0 saturated carbocycles. The molecule has 0 radical (unpaired) electrons. The summed E-state index contributed by atoms with van der Waals surface area (Å²) in [6.07, 6.45) is 4.77. The monoisotopic (exact) mass is 295 g/mol. The van der Waals surface area contributed by atoms with Gasteiger partial charge in [-0.25, -0.2) is 4.98 Å². The van der Waals surface area contributed by atoms with Crippen LogP contribution in [0.4, 0.5) is 0 Å². The Morgan fingerprint density at radius 1 is 1.50 bits per heavy atom. The van der Waals surface area contributed by atoms with Gasteiger partial charge in [0.15, 0.2) is 0 Å². The van der Waals surface area contributed by atoms with Gasteiger partial charge >= 0.3 is 0 Å². The minimum absolute atomic E-state index is 0.0953. The number of hydrogen-bond acceptors (Lipinski definition) is 5. The normalized spacial score (nSPS) is 22.4. The Balaban J connectivity index is 1.61. The Bertz CT molecular complexity index is 459. The molecule has 1 aliphatic heterocycles. The lowest BCUT2D eigenvalue weighted by Crippen LogP contribution is -2.51. The molecule has 1 atom stereocenters. The maximum absolute atomic E-state index is 12.3. The Labute approximate surface area is 123 Å². The van der Waals surface area contributed by atoms with Gasteiger partial charge in [-0.15, -0.1) is 11.3 Å². The maximum Gasteiger partial charge on any atom is 0.242 e. The zero-order valence-electron chi connectivity index (χ0n) is 11.9. The van der Waals surface area contributed by atoms with Gasteiger partial charge in [0.05, 0.1) is 25.5 Å². The van der Waals surface area contributed by atoms with E-state index < -0.39 is 0 Å². The fourth-order valence-electron chi connectivity index (χ4n) is 2.74. The van der Waals surface area contributed by atoms with E-state index in [2.05, 4.69) is 5.32 Å². The molecule has 1 aromatic rings. The fourth-order valence-corrected chi connectivity index (χ4v) is 3.95.